The van der Waals surface area contributed by atoms with E-state index in [1.54, 1.807) is 20.0 Å². The summed E-state index contributed by atoms with van der Waals surface area (Å²) in [7, 11) is 1.79. The number of anilines is 2. The van der Waals surface area contributed by atoms with E-state index in [0.29, 0.717) is 5.82 Å². The van der Waals surface area contributed by atoms with Crippen molar-refractivity contribution < 1.29 is 10.2 Å². The van der Waals surface area contributed by atoms with Crippen molar-refractivity contribution in [2.24, 2.45) is 0 Å². The molecule has 5 heteroatoms. The third kappa shape index (κ3) is 3.73. The van der Waals surface area contributed by atoms with Crippen LogP contribution in [0.5, 0.6) is 0 Å². The van der Waals surface area contributed by atoms with Gasteiger partial charge in [0.2, 0.25) is 0 Å². The van der Waals surface area contributed by atoms with E-state index in [2.05, 4.69) is 15.6 Å². The summed E-state index contributed by atoms with van der Waals surface area (Å²) in [4.78, 5) is 4.21. The Morgan fingerprint density at radius 2 is 2.07 bits per heavy atom. The molecule has 4 N–H and O–H groups in total. The Hall–Kier alpha value is -1.33. The van der Waals surface area contributed by atoms with Crippen LogP contribution in [0.15, 0.2) is 18.2 Å². The lowest BCUT2D eigenvalue weighted by Crippen LogP contribution is -2.37. The first-order chi connectivity index (χ1) is 7.07. The smallest absolute Gasteiger partial charge is 0.128 e. The number of nitrogens with one attached hydrogen (secondary N) is 2. The average Bonchev–Trinajstić information content (AvgIpc) is 2.27. The number of rotatable bonds is 5. The van der Waals surface area contributed by atoms with Crippen molar-refractivity contribution in [1.82, 2.24) is 4.98 Å². The summed E-state index contributed by atoms with van der Waals surface area (Å²) in [6.45, 7) is 1.53. The Kier molecular flexibility index (Phi) is 3.88. The topological polar surface area (TPSA) is 77.4 Å². The summed E-state index contributed by atoms with van der Waals surface area (Å²) in [5.74, 6) is 1.42. The maximum atomic E-state index is 9.56. The quantitative estimate of drug-likeness (QED) is 0.562. The molecule has 0 amide bonds. The molecule has 5 nitrogen and oxygen atoms in total. The third-order valence-corrected chi connectivity index (χ3v) is 2.00. The molecule has 15 heavy (non-hydrogen) atoms. The molecule has 0 aliphatic carbocycles. The lowest BCUT2D eigenvalue weighted by atomic mass is 10.1. The van der Waals surface area contributed by atoms with Gasteiger partial charge in [0, 0.05) is 13.6 Å². The Morgan fingerprint density at radius 1 is 1.40 bits per heavy atom. The van der Waals surface area contributed by atoms with Gasteiger partial charge in [0.15, 0.2) is 0 Å². The van der Waals surface area contributed by atoms with Gasteiger partial charge in [-0.3, -0.25) is 0 Å². The van der Waals surface area contributed by atoms with Gasteiger partial charge in [0.05, 0.1) is 6.61 Å². The first kappa shape index (κ1) is 11.7. The van der Waals surface area contributed by atoms with Crippen LogP contribution in [0.2, 0.25) is 0 Å². The molecule has 0 spiro atoms. The van der Waals surface area contributed by atoms with Crippen LogP contribution in [0.4, 0.5) is 11.6 Å². The molecule has 1 aromatic heterocycles. The second-order valence-corrected chi connectivity index (χ2v) is 3.67. The number of hydrogen-bond donors (Lipinski definition) is 4. The molecule has 0 radical (unpaired) electrons. The molecule has 1 aromatic rings. The molecule has 84 valence electrons. The highest BCUT2D eigenvalue weighted by molar-refractivity contribution is 5.44. The van der Waals surface area contributed by atoms with Gasteiger partial charge in [-0.05, 0) is 19.1 Å². The zero-order valence-corrected chi connectivity index (χ0v) is 8.99. The fraction of sp³-hybridized carbons (Fsp3) is 0.500. The molecule has 0 saturated heterocycles. The van der Waals surface area contributed by atoms with E-state index in [-0.39, 0.29) is 13.2 Å². The summed E-state index contributed by atoms with van der Waals surface area (Å²) in [6, 6.07) is 5.50. The van der Waals surface area contributed by atoms with Crippen LogP contribution in [-0.4, -0.2) is 41.0 Å². The average molecular weight is 211 g/mol. The first-order valence-corrected chi connectivity index (χ1v) is 4.79. The second kappa shape index (κ2) is 4.95. The number of pyridine rings is 1. The molecule has 0 fully saturated rings. The van der Waals surface area contributed by atoms with Gasteiger partial charge in [-0.1, -0.05) is 6.07 Å². The molecular formula is C10H17N3O2. The van der Waals surface area contributed by atoms with Crippen LogP contribution >= 0.6 is 0 Å². The first-order valence-electron chi connectivity index (χ1n) is 4.79. The van der Waals surface area contributed by atoms with Gasteiger partial charge in [-0.15, -0.1) is 0 Å². The summed E-state index contributed by atoms with van der Waals surface area (Å²) in [5.41, 5.74) is -1.13. The minimum absolute atomic E-state index is 0.254. The molecular weight excluding hydrogens is 194 g/mol. The van der Waals surface area contributed by atoms with Gasteiger partial charge in [-0.25, -0.2) is 4.98 Å². The monoisotopic (exact) mass is 211 g/mol. The Labute approximate surface area is 89.2 Å². The van der Waals surface area contributed by atoms with Crippen LogP contribution in [0.25, 0.3) is 0 Å². The van der Waals surface area contributed by atoms with E-state index in [0.717, 1.165) is 5.82 Å². The van der Waals surface area contributed by atoms with Crippen molar-refractivity contribution >= 4 is 11.6 Å². The van der Waals surface area contributed by atoms with Crippen LogP contribution in [-0.2, 0) is 0 Å². The highest BCUT2D eigenvalue weighted by atomic mass is 16.3. The molecule has 1 unspecified atom stereocenters. The largest absolute Gasteiger partial charge is 0.393 e. The predicted molar refractivity (Wildman–Crippen MR) is 60.0 cm³/mol. The number of hydrogen-bond acceptors (Lipinski definition) is 5. The van der Waals surface area contributed by atoms with E-state index in [9.17, 15) is 5.11 Å². The lowest BCUT2D eigenvalue weighted by molar-refractivity contribution is 0.0132. The zero-order valence-electron chi connectivity index (χ0n) is 8.99. The third-order valence-electron chi connectivity index (χ3n) is 2.00. The zero-order chi connectivity index (χ0) is 11.3. The van der Waals surface area contributed by atoms with Crippen LogP contribution in [0.3, 0.4) is 0 Å². The SMILES string of the molecule is CNc1cccc(NCC(C)(O)CO)n1. The van der Waals surface area contributed by atoms with Gasteiger partial charge >= 0.3 is 0 Å². The minimum Gasteiger partial charge on any atom is -0.393 e. The standard InChI is InChI=1S/C10H17N3O2/c1-10(15,7-14)6-12-9-5-3-4-8(11-2)13-9/h3-5,14-15H,6-7H2,1-2H3,(H2,11,12,13). The number of aromatic nitrogens is 1. The summed E-state index contributed by atoms with van der Waals surface area (Å²) < 4.78 is 0. The van der Waals surface area contributed by atoms with E-state index < -0.39 is 5.60 Å². The van der Waals surface area contributed by atoms with Gasteiger partial charge in [0.1, 0.15) is 17.2 Å². The summed E-state index contributed by atoms with van der Waals surface area (Å²) in [5, 5.41) is 24.3. The van der Waals surface area contributed by atoms with Gasteiger partial charge < -0.3 is 20.8 Å². The number of aliphatic hydroxyl groups is 2. The highest BCUT2D eigenvalue weighted by Crippen LogP contribution is 2.10. The van der Waals surface area contributed by atoms with Crippen LogP contribution in [0, 0.1) is 0 Å². The second-order valence-electron chi connectivity index (χ2n) is 3.67. The predicted octanol–water partition coefficient (Wildman–Crippen LogP) is 0.278. The lowest BCUT2D eigenvalue weighted by Gasteiger charge is -2.21. The highest BCUT2D eigenvalue weighted by Gasteiger charge is 2.18. The number of nitrogens with zero attached hydrogens (tertiary/aromatic N) is 1. The van der Waals surface area contributed by atoms with Crippen LogP contribution in [0.1, 0.15) is 6.92 Å². The van der Waals surface area contributed by atoms with Crippen molar-refractivity contribution in [3.8, 4) is 0 Å². The summed E-state index contributed by atoms with van der Waals surface area (Å²) >= 11 is 0. The Bertz CT molecular complexity index is 315. The van der Waals surface area contributed by atoms with Crippen molar-refractivity contribution in [2.45, 2.75) is 12.5 Å². The van der Waals surface area contributed by atoms with Crippen molar-refractivity contribution in [3.05, 3.63) is 18.2 Å². The molecule has 0 aromatic carbocycles. The van der Waals surface area contributed by atoms with Crippen molar-refractivity contribution in [2.75, 3.05) is 30.8 Å². The van der Waals surface area contributed by atoms with Crippen LogP contribution < -0.4 is 10.6 Å². The summed E-state index contributed by atoms with van der Waals surface area (Å²) in [6.07, 6.45) is 0. The molecule has 0 saturated carbocycles. The van der Waals surface area contributed by atoms with Crippen molar-refractivity contribution in [1.29, 1.82) is 0 Å². The maximum Gasteiger partial charge on any atom is 0.128 e. The maximum absolute atomic E-state index is 9.56. The molecule has 0 aliphatic heterocycles. The van der Waals surface area contributed by atoms with Gasteiger partial charge in [-0.2, -0.15) is 0 Å². The number of aliphatic hydroxyl groups excluding tert-OH is 1. The van der Waals surface area contributed by atoms with Gasteiger partial charge in [0.25, 0.3) is 0 Å². The normalized spacial score (nSPS) is 14.4. The van der Waals surface area contributed by atoms with E-state index in [4.69, 9.17) is 5.11 Å². The molecule has 1 atom stereocenters. The molecule has 0 aliphatic rings. The van der Waals surface area contributed by atoms with E-state index in [1.807, 2.05) is 12.1 Å². The molecule has 0 bridgehead atoms. The molecule has 1 rings (SSSR count). The molecule has 1 heterocycles. The fourth-order valence-corrected chi connectivity index (χ4v) is 1.01. The van der Waals surface area contributed by atoms with E-state index in [1.165, 1.54) is 0 Å². The minimum atomic E-state index is -1.13. The van der Waals surface area contributed by atoms with E-state index >= 15 is 0 Å². The Morgan fingerprint density at radius 3 is 2.67 bits per heavy atom. The fourth-order valence-electron chi connectivity index (χ4n) is 1.01. The Balaban J connectivity index is 2.57. The van der Waals surface area contributed by atoms with Crippen molar-refractivity contribution in [3.63, 3.8) is 0 Å².